The Morgan fingerprint density at radius 2 is 2.15 bits per heavy atom. The van der Waals surface area contributed by atoms with Crippen LogP contribution in [0.4, 0.5) is 4.79 Å². The van der Waals surface area contributed by atoms with Gasteiger partial charge in [0.05, 0.1) is 30.7 Å². The fraction of sp³-hybridized carbons (Fsp3) is 0.714. The number of ether oxygens (including phenoxy) is 1. The van der Waals surface area contributed by atoms with Crippen LogP contribution in [-0.4, -0.2) is 53.3 Å². The molecule has 20 heavy (non-hydrogen) atoms. The summed E-state index contributed by atoms with van der Waals surface area (Å²) in [5.41, 5.74) is 0. The molecule has 0 aromatic heterocycles. The van der Waals surface area contributed by atoms with E-state index in [1.807, 2.05) is 4.90 Å². The first-order valence-corrected chi connectivity index (χ1v) is 7.25. The highest BCUT2D eigenvalue weighted by atomic mass is 16.5. The molecule has 1 saturated heterocycles. The second-order valence-electron chi connectivity index (χ2n) is 5.72. The largest absolute Gasteiger partial charge is 0.481 e. The van der Waals surface area contributed by atoms with Gasteiger partial charge in [-0.3, -0.25) is 4.79 Å². The van der Waals surface area contributed by atoms with Gasteiger partial charge >= 0.3 is 12.0 Å². The SMILES string of the molecule is O=C(O)C1C=CC(NC(=O)N2CCOC3CCCC32)C1. The van der Waals surface area contributed by atoms with E-state index in [4.69, 9.17) is 9.84 Å². The minimum absolute atomic E-state index is 0.0918. The molecule has 3 rings (SSSR count). The number of urea groups is 1. The first kappa shape index (κ1) is 13.4. The highest BCUT2D eigenvalue weighted by molar-refractivity contribution is 5.77. The number of amides is 2. The average molecular weight is 280 g/mol. The first-order chi connectivity index (χ1) is 9.65. The van der Waals surface area contributed by atoms with Crippen LogP contribution < -0.4 is 5.32 Å². The van der Waals surface area contributed by atoms with E-state index >= 15 is 0 Å². The molecule has 2 fully saturated rings. The summed E-state index contributed by atoms with van der Waals surface area (Å²) in [5.74, 6) is -1.32. The van der Waals surface area contributed by atoms with E-state index in [1.54, 1.807) is 12.2 Å². The van der Waals surface area contributed by atoms with Crippen molar-refractivity contribution in [2.45, 2.75) is 43.9 Å². The lowest BCUT2D eigenvalue weighted by atomic mass is 10.1. The molecule has 6 nitrogen and oxygen atoms in total. The van der Waals surface area contributed by atoms with Gasteiger partial charge in [-0.05, 0) is 25.7 Å². The standard InChI is InChI=1S/C14H20N2O4/c17-13(18)9-4-5-10(8-9)15-14(19)16-6-7-20-12-3-1-2-11(12)16/h4-5,9-12H,1-3,6-8H2,(H,15,19)(H,17,18). The topological polar surface area (TPSA) is 78.9 Å². The van der Waals surface area contributed by atoms with Crippen molar-refractivity contribution in [2.24, 2.45) is 5.92 Å². The quantitative estimate of drug-likeness (QED) is 0.739. The number of morpholine rings is 1. The number of carbonyl (C=O) groups excluding carboxylic acids is 1. The lowest BCUT2D eigenvalue weighted by Gasteiger charge is -2.38. The summed E-state index contributed by atoms with van der Waals surface area (Å²) in [6.07, 6.45) is 7.19. The number of carbonyl (C=O) groups is 2. The molecule has 0 bridgehead atoms. The third kappa shape index (κ3) is 2.52. The molecule has 2 N–H and O–H groups in total. The molecule has 0 aromatic rings. The number of nitrogens with one attached hydrogen (secondary N) is 1. The number of fused-ring (bicyclic) bond motifs is 1. The molecule has 3 aliphatic rings. The zero-order valence-corrected chi connectivity index (χ0v) is 11.3. The van der Waals surface area contributed by atoms with E-state index in [1.165, 1.54) is 0 Å². The maximum atomic E-state index is 12.4. The number of carboxylic acids is 1. The summed E-state index contributed by atoms with van der Waals surface area (Å²) in [7, 11) is 0. The molecule has 1 aliphatic heterocycles. The van der Waals surface area contributed by atoms with Gasteiger partial charge in [-0.25, -0.2) is 4.79 Å². The molecule has 0 aromatic carbocycles. The Bertz CT molecular complexity index is 437. The van der Waals surface area contributed by atoms with Gasteiger partial charge in [0.2, 0.25) is 0 Å². The smallest absolute Gasteiger partial charge is 0.318 e. The summed E-state index contributed by atoms with van der Waals surface area (Å²) in [5, 5.41) is 11.9. The summed E-state index contributed by atoms with van der Waals surface area (Å²) in [6.45, 7) is 1.21. The Kier molecular flexibility index (Phi) is 3.65. The second-order valence-corrected chi connectivity index (χ2v) is 5.72. The molecule has 2 amide bonds. The Morgan fingerprint density at radius 1 is 1.30 bits per heavy atom. The molecular formula is C14H20N2O4. The maximum Gasteiger partial charge on any atom is 0.318 e. The van der Waals surface area contributed by atoms with E-state index < -0.39 is 11.9 Å². The normalized spacial score (nSPS) is 35.9. The molecule has 4 atom stereocenters. The van der Waals surface area contributed by atoms with Crippen molar-refractivity contribution >= 4 is 12.0 Å². The zero-order chi connectivity index (χ0) is 14.1. The maximum absolute atomic E-state index is 12.4. The van der Waals surface area contributed by atoms with Crippen molar-refractivity contribution in [3.63, 3.8) is 0 Å². The predicted molar refractivity (Wildman–Crippen MR) is 71.3 cm³/mol. The highest BCUT2D eigenvalue weighted by Gasteiger charge is 2.39. The number of nitrogens with zero attached hydrogens (tertiary/aromatic N) is 1. The van der Waals surface area contributed by atoms with Gasteiger partial charge < -0.3 is 20.1 Å². The van der Waals surface area contributed by atoms with Crippen molar-refractivity contribution in [1.82, 2.24) is 10.2 Å². The van der Waals surface area contributed by atoms with Crippen LogP contribution in [-0.2, 0) is 9.53 Å². The Hall–Kier alpha value is -1.56. The van der Waals surface area contributed by atoms with Crippen LogP contribution in [0.2, 0.25) is 0 Å². The lowest BCUT2D eigenvalue weighted by Crippen LogP contribution is -2.55. The summed E-state index contributed by atoms with van der Waals surface area (Å²) in [4.78, 5) is 25.1. The number of rotatable bonds is 2. The van der Waals surface area contributed by atoms with E-state index in [0.717, 1.165) is 19.3 Å². The average Bonchev–Trinajstić information content (AvgIpc) is 3.05. The zero-order valence-electron chi connectivity index (χ0n) is 11.3. The number of aliphatic carboxylic acids is 1. The van der Waals surface area contributed by atoms with Gasteiger partial charge in [-0.1, -0.05) is 12.2 Å². The van der Waals surface area contributed by atoms with Crippen LogP contribution >= 0.6 is 0 Å². The van der Waals surface area contributed by atoms with Crippen LogP contribution in [0.25, 0.3) is 0 Å². The van der Waals surface area contributed by atoms with Crippen molar-refractivity contribution in [2.75, 3.05) is 13.2 Å². The molecular weight excluding hydrogens is 260 g/mol. The minimum atomic E-state index is -0.833. The summed E-state index contributed by atoms with van der Waals surface area (Å²) >= 11 is 0. The molecule has 1 saturated carbocycles. The number of hydrogen-bond acceptors (Lipinski definition) is 3. The predicted octanol–water partition coefficient (Wildman–Crippen LogP) is 0.979. The third-order valence-corrected chi connectivity index (χ3v) is 4.45. The van der Waals surface area contributed by atoms with Crippen molar-refractivity contribution < 1.29 is 19.4 Å². The van der Waals surface area contributed by atoms with Crippen LogP contribution in [0.1, 0.15) is 25.7 Å². The van der Waals surface area contributed by atoms with Crippen LogP contribution in [0.3, 0.4) is 0 Å². The molecule has 4 unspecified atom stereocenters. The van der Waals surface area contributed by atoms with Gasteiger partial charge in [0.1, 0.15) is 0 Å². The third-order valence-electron chi connectivity index (χ3n) is 4.45. The van der Waals surface area contributed by atoms with Crippen molar-refractivity contribution in [3.8, 4) is 0 Å². The van der Waals surface area contributed by atoms with Crippen molar-refractivity contribution in [1.29, 1.82) is 0 Å². The Morgan fingerprint density at radius 3 is 2.90 bits per heavy atom. The minimum Gasteiger partial charge on any atom is -0.481 e. The van der Waals surface area contributed by atoms with E-state index in [-0.39, 0.29) is 24.2 Å². The second kappa shape index (κ2) is 5.44. The van der Waals surface area contributed by atoms with Gasteiger partial charge in [0, 0.05) is 6.54 Å². The summed E-state index contributed by atoms with van der Waals surface area (Å²) in [6, 6.07) is -0.0819. The van der Waals surface area contributed by atoms with Gasteiger partial charge in [0.15, 0.2) is 0 Å². The first-order valence-electron chi connectivity index (χ1n) is 7.25. The Balaban J connectivity index is 1.57. The van der Waals surface area contributed by atoms with E-state index in [2.05, 4.69) is 5.32 Å². The molecule has 0 spiro atoms. The molecule has 1 heterocycles. The number of hydrogen-bond donors (Lipinski definition) is 2. The molecule has 110 valence electrons. The fourth-order valence-corrected chi connectivity index (χ4v) is 3.41. The van der Waals surface area contributed by atoms with Crippen LogP contribution in [0, 0.1) is 5.92 Å². The molecule has 6 heteroatoms. The lowest BCUT2D eigenvalue weighted by molar-refractivity contribution is -0.140. The highest BCUT2D eigenvalue weighted by Crippen LogP contribution is 2.30. The Labute approximate surface area is 117 Å². The molecule has 0 radical (unpaired) electrons. The van der Waals surface area contributed by atoms with Crippen LogP contribution in [0.15, 0.2) is 12.2 Å². The number of carboxylic acid groups (broad SMARTS) is 1. The monoisotopic (exact) mass is 280 g/mol. The molecule has 2 aliphatic carbocycles. The van der Waals surface area contributed by atoms with Crippen LogP contribution in [0.5, 0.6) is 0 Å². The van der Waals surface area contributed by atoms with E-state index in [9.17, 15) is 9.59 Å². The van der Waals surface area contributed by atoms with Gasteiger partial charge in [-0.15, -0.1) is 0 Å². The van der Waals surface area contributed by atoms with Crippen molar-refractivity contribution in [3.05, 3.63) is 12.2 Å². The fourth-order valence-electron chi connectivity index (χ4n) is 3.41. The van der Waals surface area contributed by atoms with Gasteiger partial charge in [-0.2, -0.15) is 0 Å². The van der Waals surface area contributed by atoms with Gasteiger partial charge in [0.25, 0.3) is 0 Å². The van der Waals surface area contributed by atoms with E-state index in [0.29, 0.717) is 19.6 Å². The summed E-state index contributed by atoms with van der Waals surface area (Å²) < 4.78 is 5.69.